The maximum atomic E-state index is 13.7. The average Bonchev–Trinajstić information content (AvgIpc) is 3.62. The van der Waals surface area contributed by atoms with E-state index in [1.165, 1.54) is 4.90 Å². The monoisotopic (exact) mass is 525 g/mol. The highest BCUT2D eigenvalue weighted by atomic mass is 16.3. The number of pyridine rings is 2. The molecule has 2 aromatic carbocycles. The lowest BCUT2D eigenvalue weighted by Crippen LogP contribution is -2.38. The van der Waals surface area contributed by atoms with E-state index in [0.29, 0.717) is 16.8 Å². The molecule has 2 amide bonds. The Balaban J connectivity index is 1.53. The van der Waals surface area contributed by atoms with Crippen molar-refractivity contribution in [1.82, 2.24) is 14.9 Å². The van der Waals surface area contributed by atoms with Crippen LogP contribution in [0.2, 0.25) is 0 Å². The van der Waals surface area contributed by atoms with Gasteiger partial charge >= 0.3 is 0 Å². The van der Waals surface area contributed by atoms with Gasteiger partial charge in [-0.05, 0) is 46.5 Å². The number of benzene rings is 2. The van der Waals surface area contributed by atoms with Gasteiger partial charge in [-0.3, -0.25) is 24.5 Å². The van der Waals surface area contributed by atoms with Crippen molar-refractivity contribution < 1.29 is 14.7 Å². The largest absolute Gasteiger partial charge is 0.375 e. The van der Waals surface area contributed by atoms with E-state index in [1.54, 1.807) is 19.4 Å². The average molecular weight is 526 g/mol. The molecule has 4 aromatic rings. The van der Waals surface area contributed by atoms with Crippen molar-refractivity contribution in [3.8, 4) is 0 Å². The SMILES string of the molecule is CN1C(=O)C2C3C=C(C(O)(c4ccccc4)c4ccccn4)C(C3=C(c3ccccc3)c3ccccn3)C2C1=O. The van der Waals surface area contributed by atoms with E-state index < -0.39 is 23.4 Å². The van der Waals surface area contributed by atoms with Crippen LogP contribution in [-0.4, -0.2) is 38.8 Å². The minimum Gasteiger partial charge on any atom is -0.375 e. The van der Waals surface area contributed by atoms with Crippen LogP contribution in [0.25, 0.3) is 5.57 Å². The Morgan fingerprint density at radius 3 is 2.05 bits per heavy atom. The van der Waals surface area contributed by atoms with E-state index in [-0.39, 0.29) is 17.7 Å². The van der Waals surface area contributed by atoms with Crippen molar-refractivity contribution in [3.05, 3.63) is 149 Å². The third-order valence-corrected chi connectivity index (χ3v) is 8.67. The quantitative estimate of drug-likeness (QED) is 0.303. The van der Waals surface area contributed by atoms with Gasteiger partial charge in [0, 0.05) is 36.9 Å². The van der Waals surface area contributed by atoms with Gasteiger partial charge in [0.1, 0.15) is 0 Å². The van der Waals surface area contributed by atoms with Crippen LogP contribution in [0.4, 0.5) is 0 Å². The number of rotatable bonds is 5. The van der Waals surface area contributed by atoms with Crippen LogP contribution in [0.5, 0.6) is 0 Å². The normalized spacial score (nSPS) is 25.9. The summed E-state index contributed by atoms with van der Waals surface area (Å²) in [6.07, 6.45) is 5.44. The molecule has 1 saturated heterocycles. The molecule has 2 fully saturated rings. The minimum absolute atomic E-state index is 0.176. The fourth-order valence-electron chi connectivity index (χ4n) is 7.00. The number of fused-ring (bicyclic) bond motifs is 5. The fourth-order valence-corrected chi connectivity index (χ4v) is 7.00. The molecular weight excluding hydrogens is 498 g/mol. The summed E-state index contributed by atoms with van der Waals surface area (Å²) < 4.78 is 0. The molecule has 1 N–H and O–H groups in total. The summed E-state index contributed by atoms with van der Waals surface area (Å²) in [5.74, 6) is -2.41. The second-order valence-corrected chi connectivity index (χ2v) is 10.6. The van der Waals surface area contributed by atoms with Gasteiger partial charge < -0.3 is 5.11 Å². The second-order valence-electron chi connectivity index (χ2n) is 10.6. The third-order valence-electron chi connectivity index (χ3n) is 8.67. The Bertz CT molecular complexity index is 1590. The summed E-state index contributed by atoms with van der Waals surface area (Å²) in [6.45, 7) is 0. The first-order valence-corrected chi connectivity index (χ1v) is 13.5. The highest BCUT2D eigenvalue weighted by molar-refractivity contribution is 6.08. The van der Waals surface area contributed by atoms with Gasteiger partial charge in [0.05, 0.1) is 23.2 Å². The topological polar surface area (TPSA) is 83.4 Å². The summed E-state index contributed by atoms with van der Waals surface area (Å²) in [7, 11) is 1.56. The van der Waals surface area contributed by atoms with Crippen molar-refractivity contribution >= 4 is 17.4 Å². The molecule has 40 heavy (non-hydrogen) atoms. The standard InChI is InChI=1S/C34H27N3O3/c1-37-32(38)29-23-20-24(34(40,22-14-6-3-7-15-22)26-17-9-11-19-36-26)30(31(29)33(37)39)28(23)27(21-12-4-2-5-13-21)25-16-8-10-18-35-25/h2-20,23,29-31,40H,1H3. The molecule has 6 heteroatoms. The molecule has 2 bridgehead atoms. The van der Waals surface area contributed by atoms with Crippen molar-refractivity contribution in [2.75, 3.05) is 7.05 Å². The third kappa shape index (κ3) is 3.39. The molecule has 5 atom stereocenters. The molecule has 5 unspecified atom stereocenters. The number of imide groups is 1. The van der Waals surface area contributed by atoms with Gasteiger partial charge in [-0.2, -0.15) is 0 Å². The predicted molar refractivity (Wildman–Crippen MR) is 150 cm³/mol. The highest BCUT2D eigenvalue weighted by Gasteiger charge is 2.66. The van der Waals surface area contributed by atoms with Gasteiger partial charge in [-0.1, -0.05) is 78.9 Å². The Morgan fingerprint density at radius 2 is 1.40 bits per heavy atom. The molecule has 3 aliphatic rings. The van der Waals surface area contributed by atoms with Crippen molar-refractivity contribution in [1.29, 1.82) is 0 Å². The van der Waals surface area contributed by atoms with Gasteiger partial charge in [0.15, 0.2) is 5.60 Å². The lowest BCUT2D eigenvalue weighted by atomic mass is 9.71. The summed E-state index contributed by atoms with van der Waals surface area (Å²) >= 11 is 0. The van der Waals surface area contributed by atoms with Gasteiger partial charge in [-0.25, -0.2) is 0 Å². The number of allylic oxidation sites excluding steroid dienone is 2. The zero-order valence-corrected chi connectivity index (χ0v) is 21.9. The van der Waals surface area contributed by atoms with E-state index in [4.69, 9.17) is 4.98 Å². The molecule has 1 aliphatic heterocycles. The molecule has 3 heterocycles. The number of aromatic nitrogens is 2. The number of carbonyl (C=O) groups is 2. The number of amides is 2. The molecule has 196 valence electrons. The zero-order valence-electron chi connectivity index (χ0n) is 21.9. The van der Waals surface area contributed by atoms with Gasteiger partial charge in [0.2, 0.25) is 11.8 Å². The number of nitrogens with zero attached hydrogens (tertiary/aromatic N) is 3. The van der Waals surface area contributed by atoms with Gasteiger partial charge in [0.25, 0.3) is 0 Å². The first-order chi connectivity index (χ1) is 19.5. The van der Waals surface area contributed by atoms with E-state index in [2.05, 4.69) is 4.98 Å². The van der Waals surface area contributed by atoms with E-state index >= 15 is 0 Å². The van der Waals surface area contributed by atoms with Crippen LogP contribution in [0.3, 0.4) is 0 Å². The summed E-state index contributed by atoms with van der Waals surface area (Å²) in [4.78, 5) is 37.8. The van der Waals surface area contributed by atoms with Crippen LogP contribution in [0.1, 0.15) is 22.5 Å². The van der Waals surface area contributed by atoms with Gasteiger partial charge in [-0.15, -0.1) is 0 Å². The Labute approximate surface area is 232 Å². The summed E-state index contributed by atoms with van der Waals surface area (Å²) in [6, 6.07) is 30.7. The van der Waals surface area contributed by atoms with Crippen molar-refractivity contribution in [3.63, 3.8) is 0 Å². The highest BCUT2D eigenvalue weighted by Crippen LogP contribution is 2.64. The molecule has 2 aromatic heterocycles. The van der Waals surface area contributed by atoms with Crippen LogP contribution in [-0.2, 0) is 15.2 Å². The number of aliphatic hydroxyl groups is 1. The molecule has 0 spiro atoms. The maximum absolute atomic E-state index is 13.7. The van der Waals surface area contributed by atoms with Crippen molar-refractivity contribution in [2.45, 2.75) is 5.60 Å². The van der Waals surface area contributed by atoms with E-state index in [1.807, 2.05) is 103 Å². The van der Waals surface area contributed by atoms with E-state index in [0.717, 1.165) is 22.4 Å². The zero-order chi connectivity index (χ0) is 27.4. The van der Waals surface area contributed by atoms with Crippen LogP contribution < -0.4 is 0 Å². The first kappa shape index (κ1) is 24.4. The summed E-state index contributed by atoms with van der Waals surface area (Å²) in [5, 5.41) is 12.8. The lowest BCUT2D eigenvalue weighted by molar-refractivity contribution is -0.138. The molecule has 6 nitrogen and oxygen atoms in total. The van der Waals surface area contributed by atoms with Crippen molar-refractivity contribution in [2.24, 2.45) is 23.7 Å². The first-order valence-electron chi connectivity index (χ1n) is 13.5. The molecular formula is C34H27N3O3. The summed E-state index contributed by atoms with van der Waals surface area (Å²) in [5.41, 5.74) is 3.78. The number of hydrogen-bond donors (Lipinski definition) is 1. The van der Waals surface area contributed by atoms with Crippen LogP contribution in [0, 0.1) is 23.7 Å². The van der Waals surface area contributed by atoms with Crippen LogP contribution >= 0.6 is 0 Å². The minimum atomic E-state index is -1.60. The Hall–Kier alpha value is -4.68. The molecule has 1 saturated carbocycles. The second kappa shape index (κ2) is 9.21. The predicted octanol–water partition coefficient (Wildman–Crippen LogP) is 4.63. The Morgan fingerprint density at radius 1 is 0.775 bits per heavy atom. The van der Waals surface area contributed by atoms with Crippen LogP contribution in [0.15, 0.2) is 127 Å². The smallest absolute Gasteiger partial charge is 0.233 e. The number of carbonyl (C=O) groups excluding carboxylic acids is 2. The number of likely N-dealkylation sites (tertiary alicyclic amines) is 1. The lowest BCUT2D eigenvalue weighted by Gasteiger charge is -2.36. The fraction of sp³-hybridized carbons (Fsp3) is 0.176. The molecule has 7 rings (SSSR count). The maximum Gasteiger partial charge on any atom is 0.233 e. The van der Waals surface area contributed by atoms with E-state index in [9.17, 15) is 14.7 Å². The molecule has 2 aliphatic carbocycles. The Kier molecular flexibility index (Phi) is 5.61. The molecule has 0 radical (unpaired) electrons. The number of hydrogen-bond acceptors (Lipinski definition) is 5.